The van der Waals surface area contributed by atoms with E-state index in [0.717, 1.165) is 76.6 Å². The number of nitrogens with zero attached hydrogens (tertiary/aromatic N) is 1. The van der Waals surface area contributed by atoms with Gasteiger partial charge in [-0.3, -0.25) is 4.79 Å². The Morgan fingerprint density at radius 3 is 2.63 bits per heavy atom. The number of rotatable bonds is 3. The quantitative estimate of drug-likeness (QED) is 0.519. The van der Waals surface area contributed by atoms with E-state index in [1.54, 1.807) is 6.07 Å². The molecule has 1 amide bonds. The fourth-order valence-electron chi connectivity index (χ4n) is 10.0. The van der Waals surface area contributed by atoms with E-state index in [9.17, 15) is 19.5 Å². The zero-order valence-corrected chi connectivity index (χ0v) is 24.7. The van der Waals surface area contributed by atoms with Gasteiger partial charge in [-0.2, -0.15) is 0 Å². The van der Waals surface area contributed by atoms with Crippen molar-refractivity contribution in [2.45, 2.75) is 102 Å². The molecule has 0 bridgehead atoms. The number of fused-ring (bicyclic) bond motifs is 5. The van der Waals surface area contributed by atoms with Crippen LogP contribution in [0.2, 0.25) is 0 Å². The van der Waals surface area contributed by atoms with E-state index in [1.807, 2.05) is 4.90 Å². The van der Waals surface area contributed by atoms with Gasteiger partial charge < -0.3 is 29.2 Å². The Balaban J connectivity index is 1.21. The second-order valence-electron chi connectivity index (χ2n) is 14.0. The Hall–Kier alpha value is -2.39. The lowest BCUT2D eigenvalue weighted by atomic mass is 9.43. The zero-order chi connectivity index (χ0) is 29.0. The molecule has 0 radical (unpaired) electrons. The number of carbonyl (C=O) groups is 2. The molecule has 1 aromatic rings. The molecule has 9 heteroatoms. The van der Waals surface area contributed by atoms with Crippen LogP contribution in [0, 0.1) is 28.6 Å². The van der Waals surface area contributed by atoms with Gasteiger partial charge in [-0.1, -0.05) is 13.8 Å². The number of amides is 1. The minimum Gasteiger partial charge on any atom is -0.462 e. The number of esters is 1. The summed E-state index contributed by atoms with van der Waals surface area (Å²) in [5.74, 6) is 0.262. The van der Waals surface area contributed by atoms with Gasteiger partial charge in [0.1, 0.15) is 12.2 Å². The van der Waals surface area contributed by atoms with Crippen LogP contribution in [0.15, 0.2) is 27.6 Å². The Morgan fingerprint density at radius 2 is 1.88 bits per heavy atom. The molecule has 226 valence electrons. The van der Waals surface area contributed by atoms with Gasteiger partial charge >= 0.3 is 17.7 Å². The second-order valence-corrected chi connectivity index (χ2v) is 14.0. The first-order valence-corrected chi connectivity index (χ1v) is 15.7. The number of aliphatic hydroxyl groups is 1. The Morgan fingerprint density at radius 1 is 1.05 bits per heavy atom. The van der Waals surface area contributed by atoms with Crippen LogP contribution in [0.4, 0.5) is 4.79 Å². The molecule has 41 heavy (non-hydrogen) atoms. The summed E-state index contributed by atoms with van der Waals surface area (Å²) in [6.07, 6.45) is 8.50. The summed E-state index contributed by atoms with van der Waals surface area (Å²) in [5.41, 5.74) is -1.09. The van der Waals surface area contributed by atoms with Gasteiger partial charge in [0, 0.05) is 50.4 Å². The molecule has 5 fully saturated rings. The molecule has 9 nitrogen and oxygen atoms in total. The molecule has 1 aromatic heterocycles. The normalized spacial score (nSPS) is 42.3. The first-order valence-electron chi connectivity index (χ1n) is 15.7. The molecular weight excluding hydrogens is 524 g/mol. The third kappa shape index (κ3) is 4.81. The van der Waals surface area contributed by atoms with Crippen LogP contribution in [0.5, 0.6) is 0 Å². The van der Waals surface area contributed by atoms with Crippen molar-refractivity contribution in [1.82, 2.24) is 10.2 Å². The van der Waals surface area contributed by atoms with Gasteiger partial charge in [-0.05, 0) is 92.7 Å². The molecule has 0 aromatic carbocycles. The van der Waals surface area contributed by atoms with Gasteiger partial charge in [-0.25, -0.2) is 9.59 Å². The molecule has 9 unspecified atom stereocenters. The average Bonchev–Trinajstić information content (AvgIpc) is 3.09. The third-order valence-electron chi connectivity index (χ3n) is 12.1. The van der Waals surface area contributed by atoms with Crippen molar-refractivity contribution >= 4 is 12.1 Å². The Labute approximate surface area is 242 Å². The summed E-state index contributed by atoms with van der Waals surface area (Å²) < 4.78 is 17.2. The summed E-state index contributed by atoms with van der Waals surface area (Å²) in [6, 6.07) is 3.17. The Bertz CT molecular complexity index is 1190. The summed E-state index contributed by atoms with van der Waals surface area (Å²) in [6.45, 7) is 9.14. The van der Waals surface area contributed by atoms with Crippen LogP contribution in [0.25, 0.3) is 0 Å². The van der Waals surface area contributed by atoms with Gasteiger partial charge in [0.2, 0.25) is 0 Å². The molecule has 4 saturated carbocycles. The van der Waals surface area contributed by atoms with Crippen molar-refractivity contribution in [3.05, 3.63) is 34.4 Å². The summed E-state index contributed by atoms with van der Waals surface area (Å²) in [4.78, 5) is 38.7. The standard InChI is InChI=1S/C32H46N2O7/c1-20(35)40-26-18-32(38)25-7-6-22-17-23(41-29(37)34-15-4-13-33-14-16-34)9-11-30(22,2)24(25)10-12-31(32,3)28(26)21-5-8-27(36)39-19-21/h5,8,19,22-26,28,33,38H,4,6-7,9-18H2,1-3H3. The van der Waals surface area contributed by atoms with E-state index >= 15 is 0 Å². The fourth-order valence-corrected chi connectivity index (χ4v) is 10.0. The highest BCUT2D eigenvalue weighted by molar-refractivity contribution is 5.68. The first kappa shape index (κ1) is 28.7. The van der Waals surface area contributed by atoms with Crippen LogP contribution in [0.3, 0.4) is 0 Å². The molecule has 2 N–H and O–H groups in total. The molecule has 6 rings (SSSR count). The lowest BCUT2D eigenvalue weighted by molar-refractivity contribution is -0.205. The van der Waals surface area contributed by atoms with E-state index in [-0.39, 0.29) is 35.4 Å². The second kappa shape index (κ2) is 10.7. The van der Waals surface area contributed by atoms with Crippen molar-refractivity contribution in [3.8, 4) is 0 Å². The summed E-state index contributed by atoms with van der Waals surface area (Å²) in [5, 5.41) is 16.1. The predicted molar refractivity (Wildman–Crippen MR) is 151 cm³/mol. The first-order chi connectivity index (χ1) is 19.5. The van der Waals surface area contributed by atoms with Crippen LogP contribution < -0.4 is 10.9 Å². The minimum atomic E-state index is -1.01. The topological polar surface area (TPSA) is 118 Å². The number of hydrogen-bond donors (Lipinski definition) is 2. The van der Waals surface area contributed by atoms with Crippen LogP contribution in [-0.4, -0.2) is 66.1 Å². The van der Waals surface area contributed by atoms with Gasteiger partial charge in [0.25, 0.3) is 0 Å². The van der Waals surface area contributed by atoms with Crippen molar-refractivity contribution in [2.75, 3.05) is 26.2 Å². The maximum Gasteiger partial charge on any atom is 0.410 e. The van der Waals surface area contributed by atoms with E-state index in [0.29, 0.717) is 24.8 Å². The van der Waals surface area contributed by atoms with Gasteiger partial charge in [0.15, 0.2) is 0 Å². The van der Waals surface area contributed by atoms with Crippen LogP contribution in [0.1, 0.15) is 90.0 Å². The van der Waals surface area contributed by atoms with Gasteiger partial charge in [0.05, 0.1) is 11.9 Å². The summed E-state index contributed by atoms with van der Waals surface area (Å²) >= 11 is 0. The maximum atomic E-state index is 12.9. The molecular formula is C32H46N2O7. The molecule has 5 aliphatic rings. The predicted octanol–water partition coefficient (Wildman–Crippen LogP) is 4.22. The van der Waals surface area contributed by atoms with Crippen molar-refractivity contribution in [2.24, 2.45) is 28.6 Å². The number of nitrogens with one attached hydrogen (secondary N) is 1. The average molecular weight is 571 g/mol. The monoisotopic (exact) mass is 570 g/mol. The highest BCUT2D eigenvalue weighted by Crippen LogP contribution is 2.71. The van der Waals surface area contributed by atoms with Crippen LogP contribution in [-0.2, 0) is 14.3 Å². The van der Waals surface area contributed by atoms with E-state index < -0.39 is 22.7 Å². The molecule has 9 atom stereocenters. The number of hydrogen-bond acceptors (Lipinski definition) is 8. The lowest BCUT2D eigenvalue weighted by Crippen LogP contribution is -2.62. The third-order valence-corrected chi connectivity index (χ3v) is 12.1. The van der Waals surface area contributed by atoms with Crippen LogP contribution >= 0.6 is 0 Å². The largest absolute Gasteiger partial charge is 0.462 e. The zero-order valence-electron chi connectivity index (χ0n) is 24.7. The SMILES string of the molecule is CC(=O)OC1CC2(O)C3CCC4CC(OC(=O)N5CCCNCC5)CCC4(C)C3CCC2(C)C1c1ccc(=O)oc1. The van der Waals surface area contributed by atoms with Gasteiger partial charge in [-0.15, -0.1) is 0 Å². The molecule has 1 saturated heterocycles. The lowest BCUT2D eigenvalue weighted by Gasteiger charge is -2.63. The summed E-state index contributed by atoms with van der Waals surface area (Å²) in [7, 11) is 0. The molecule has 4 aliphatic carbocycles. The molecule has 0 spiro atoms. The highest BCUT2D eigenvalue weighted by atomic mass is 16.6. The molecule has 2 heterocycles. The smallest absolute Gasteiger partial charge is 0.410 e. The van der Waals surface area contributed by atoms with Crippen molar-refractivity contribution in [3.63, 3.8) is 0 Å². The number of ether oxygens (including phenoxy) is 2. The number of carbonyl (C=O) groups excluding carboxylic acids is 2. The van der Waals surface area contributed by atoms with Crippen molar-refractivity contribution in [1.29, 1.82) is 0 Å². The molecule has 1 aliphatic heterocycles. The fraction of sp³-hybridized carbons (Fsp3) is 0.781. The van der Waals surface area contributed by atoms with E-state index in [2.05, 4.69) is 19.2 Å². The van der Waals surface area contributed by atoms with E-state index in [4.69, 9.17) is 13.9 Å². The highest BCUT2D eigenvalue weighted by Gasteiger charge is 2.70. The minimum absolute atomic E-state index is 0.0535. The Kier molecular flexibility index (Phi) is 7.50. The van der Waals surface area contributed by atoms with E-state index in [1.165, 1.54) is 19.3 Å². The maximum absolute atomic E-state index is 12.9. The van der Waals surface area contributed by atoms with Crippen molar-refractivity contribution < 1.29 is 28.6 Å².